The van der Waals surface area contributed by atoms with E-state index in [1.165, 1.54) is 64.2 Å². The van der Waals surface area contributed by atoms with E-state index in [0.29, 0.717) is 6.42 Å². The SMILES string of the molecule is CCCCCCCCCCCCCCCC(=O)N[C@@H](NC(=S)Nc1cccc(Br)c1)C(Cl)(Cl)Cl. The highest BCUT2D eigenvalue weighted by Crippen LogP contribution is 2.29. The zero-order valence-corrected chi connectivity index (χ0v) is 24.8. The lowest BCUT2D eigenvalue weighted by molar-refractivity contribution is -0.122. The topological polar surface area (TPSA) is 53.2 Å². The number of unbranched alkanes of at least 4 members (excludes halogenated alkanes) is 12. The first-order valence-electron chi connectivity index (χ1n) is 12.4. The summed E-state index contributed by atoms with van der Waals surface area (Å²) in [5.74, 6) is -0.169. The van der Waals surface area contributed by atoms with Gasteiger partial charge in [-0.2, -0.15) is 0 Å². The fourth-order valence-electron chi connectivity index (χ4n) is 3.60. The molecule has 0 spiro atoms. The van der Waals surface area contributed by atoms with Gasteiger partial charge < -0.3 is 16.0 Å². The third kappa shape index (κ3) is 16.4. The minimum atomic E-state index is -1.76. The Kier molecular flexibility index (Phi) is 17.7. The van der Waals surface area contributed by atoms with Crippen molar-refractivity contribution in [1.82, 2.24) is 10.6 Å². The zero-order chi connectivity index (χ0) is 25.2. The van der Waals surface area contributed by atoms with Crippen LogP contribution in [0.25, 0.3) is 0 Å². The highest BCUT2D eigenvalue weighted by molar-refractivity contribution is 9.10. The maximum absolute atomic E-state index is 12.4. The molecule has 1 aromatic carbocycles. The fraction of sp³-hybridized carbons (Fsp3) is 0.680. The normalized spacial score (nSPS) is 12.3. The van der Waals surface area contributed by atoms with E-state index in [0.717, 1.165) is 29.4 Å². The summed E-state index contributed by atoms with van der Waals surface area (Å²) in [4.78, 5) is 12.4. The second-order valence-corrected chi connectivity index (χ2v) is 12.3. The average Bonchev–Trinajstić information content (AvgIpc) is 2.76. The van der Waals surface area contributed by atoms with E-state index < -0.39 is 9.96 Å². The van der Waals surface area contributed by atoms with E-state index >= 15 is 0 Å². The molecule has 0 aliphatic heterocycles. The average molecular weight is 616 g/mol. The van der Waals surface area contributed by atoms with Crippen molar-refractivity contribution in [1.29, 1.82) is 0 Å². The van der Waals surface area contributed by atoms with Crippen molar-refractivity contribution in [2.45, 2.75) is 107 Å². The minimum Gasteiger partial charge on any atom is -0.339 e. The number of hydrogen-bond donors (Lipinski definition) is 3. The molecule has 9 heteroatoms. The molecule has 0 bridgehead atoms. The molecule has 0 saturated carbocycles. The van der Waals surface area contributed by atoms with Gasteiger partial charge >= 0.3 is 0 Å². The molecule has 0 saturated heterocycles. The Morgan fingerprint density at radius 3 is 1.94 bits per heavy atom. The molecule has 1 aromatic rings. The summed E-state index contributed by atoms with van der Waals surface area (Å²) in [7, 11) is 0. The van der Waals surface area contributed by atoms with Gasteiger partial charge in [0.25, 0.3) is 0 Å². The van der Waals surface area contributed by atoms with Gasteiger partial charge in [-0.05, 0) is 36.8 Å². The molecule has 4 nitrogen and oxygen atoms in total. The molecule has 194 valence electrons. The first-order valence-corrected chi connectivity index (χ1v) is 14.7. The third-order valence-electron chi connectivity index (χ3n) is 5.50. The summed E-state index contributed by atoms with van der Waals surface area (Å²) in [5, 5.41) is 8.89. The van der Waals surface area contributed by atoms with Gasteiger partial charge in [-0.15, -0.1) is 0 Å². The lowest BCUT2D eigenvalue weighted by Crippen LogP contribution is -2.56. The highest BCUT2D eigenvalue weighted by Gasteiger charge is 2.34. The smallest absolute Gasteiger partial charge is 0.228 e. The number of anilines is 1. The second kappa shape index (κ2) is 18.9. The minimum absolute atomic E-state index is 0.169. The Morgan fingerprint density at radius 2 is 1.44 bits per heavy atom. The number of alkyl halides is 3. The molecule has 0 aliphatic carbocycles. The summed E-state index contributed by atoms with van der Waals surface area (Å²) < 4.78 is -0.848. The van der Waals surface area contributed by atoms with Gasteiger partial charge in [-0.3, -0.25) is 4.79 Å². The van der Waals surface area contributed by atoms with Crippen LogP contribution < -0.4 is 16.0 Å². The number of benzene rings is 1. The van der Waals surface area contributed by atoms with E-state index in [2.05, 4.69) is 38.8 Å². The lowest BCUT2D eigenvalue weighted by atomic mass is 10.0. The van der Waals surface area contributed by atoms with Crippen LogP contribution >= 0.6 is 63.0 Å². The van der Waals surface area contributed by atoms with Gasteiger partial charge in [0.05, 0.1) is 0 Å². The Bertz CT molecular complexity index is 719. The lowest BCUT2D eigenvalue weighted by Gasteiger charge is -2.27. The molecule has 0 aromatic heterocycles. The predicted molar refractivity (Wildman–Crippen MR) is 156 cm³/mol. The standard InChI is InChI=1S/C25H39BrCl3N3OS/c1-2-3-4-5-6-7-8-9-10-11-12-13-14-18-22(33)31-23(25(27,28)29)32-24(34)30-21-17-15-16-20(26)19-21/h15-17,19,23H,2-14,18H2,1H3,(H,31,33)(H2,30,32,34)/t23-/m0/s1. The van der Waals surface area contributed by atoms with Crippen molar-refractivity contribution < 1.29 is 4.79 Å². The Morgan fingerprint density at radius 1 is 0.912 bits per heavy atom. The molecular weight excluding hydrogens is 577 g/mol. The number of nitrogens with one attached hydrogen (secondary N) is 3. The summed E-state index contributed by atoms with van der Waals surface area (Å²) in [6, 6.07) is 7.50. The number of amides is 1. The van der Waals surface area contributed by atoms with Crippen LogP contribution in [0.15, 0.2) is 28.7 Å². The second-order valence-electron chi connectivity index (χ2n) is 8.64. The van der Waals surface area contributed by atoms with Crippen LogP contribution in [-0.4, -0.2) is 21.0 Å². The van der Waals surface area contributed by atoms with Crippen molar-refractivity contribution in [3.8, 4) is 0 Å². The van der Waals surface area contributed by atoms with Crippen LogP contribution in [0.4, 0.5) is 5.69 Å². The number of carbonyl (C=O) groups excluding carboxylic acids is 1. The Labute approximate surface area is 234 Å². The molecule has 3 N–H and O–H groups in total. The van der Waals surface area contributed by atoms with Crippen molar-refractivity contribution in [3.05, 3.63) is 28.7 Å². The Balaban J connectivity index is 2.18. The van der Waals surface area contributed by atoms with Crippen molar-refractivity contribution in [3.63, 3.8) is 0 Å². The van der Waals surface area contributed by atoms with Crippen LogP contribution in [0.2, 0.25) is 0 Å². The van der Waals surface area contributed by atoms with Crippen LogP contribution in [0.3, 0.4) is 0 Å². The van der Waals surface area contributed by atoms with Crippen molar-refractivity contribution >= 4 is 79.7 Å². The van der Waals surface area contributed by atoms with Crippen molar-refractivity contribution in [2.24, 2.45) is 0 Å². The molecular formula is C25H39BrCl3N3OS. The van der Waals surface area contributed by atoms with Crippen LogP contribution in [0, 0.1) is 0 Å². The molecule has 0 aliphatic rings. The molecule has 0 heterocycles. The number of rotatable bonds is 17. The maximum Gasteiger partial charge on any atom is 0.228 e. The number of hydrogen-bond acceptors (Lipinski definition) is 2. The molecule has 0 radical (unpaired) electrons. The van der Waals surface area contributed by atoms with Gasteiger partial charge in [0, 0.05) is 16.6 Å². The van der Waals surface area contributed by atoms with E-state index in [-0.39, 0.29) is 11.0 Å². The van der Waals surface area contributed by atoms with Gasteiger partial charge in [0.15, 0.2) is 5.11 Å². The largest absolute Gasteiger partial charge is 0.339 e. The summed E-state index contributed by atoms with van der Waals surface area (Å²) >= 11 is 26.9. The molecule has 34 heavy (non-hydrogen) atoms. The number of carbonyl (C=O) groups is 1. The monoisotopic (exact) mass is 613 g/mol. The zero-order valence-electron chi connectivity index (χ0n) is 20.1. The fourth-order valence-corrected chi connectivity index (χ4v) is 4.56. The molecule has 1 rings (SSSR count). The predicted octanol–water partition coefficient (Wildman–Crippen LogP) is 9.03. The maximum atomic E-state index is 12.4. The van der Waals surface area contributed by atoms with Gasteiger partial charge in [-0.1, -0.05) is 141 Å². The molecule has 1 atom stereocenters. The van der Waals surface area contributed by atoms with Gasteiger partial charge in [-0.25, -0.2) is 0 Å². The molecule has 0 unspecified atom stereocenters. The van der Waals surface area contributed by atoms with Crippen LogP contribution in [-0.2, 0) is 4.79 Å². The third-order valence-corrected chi connectivity index (χ3v) is 6.87. The first-order chi connectivity index (χ1) is 16.2. The first kappa shape index (κ1) is 31.8. The van der Waals surface area contributed by atoms with E-state index in [1.54, 1.807) is 0 Å². The van der Waals surface area contributed by atoms with Gasteiger partial charge in [0.2, 0.25) is 9.70 Å². The summed E-state index contributed by atoms with van der Waals surface area (Å²) in [6.07, 6.45) is 15.8. The van der Waals surface area contributed by atoms with Crippen LogP contribution in [0.1, 0.15) is 96.8 Å². The molecule has 1 amide bonds. The van der Waals surface area contributed by atoms with E-state index in [1.807, 2.05) is 24.3 Å². The molecule has 0 fully saturated rings. The number of thiocarbonyl (C=S) groups is 1. The number of halogens is 4. The van der Waals surface area contributed by atoms with E-state index in [9.17, 15) is 4.79 Å². The summed E-state index contributed by atoms with van der Waals surface area (Å²) in [6.45, 7) is 2.26. The van der Waals surface area contributed by atoms with Crippen molar-refractivity contribution in [2.75, 3.05) is 5.32 Å². The van der Waals surface area contributed by atoms with Gasteiger partial charge in [0.1, 0.15) is 6.17 Å². The van der Waals surface area contributed by atoms with E-state index in [4.69, 9.17) is 47.0 Å². The van der Waals surface area contributed by atoms with Crippen LogP contribution in [0.5, 0.6) is 0 Å². The quantitative estimate of drug-likeness (QED) is 0.0708. The highest BCUT2D eigenvalue weighted by atomic mass is 79.9. The summed E-state index contributed by atoms with van der Waals surface area (Å²) in [5.41, 5.74) is 0.772. The Hall–Kier alpha value is -0.270.